The molecular weight excluding hydrogens is 226 g/mol. The van der Waals surface area contributed by atoms with Gasteiger partial charge in [0.05, 0.1) is 5.92 Å². The fraction of sp³-hybridized carbons (Fsp3) is 0.933. The van der Waals surface area contributed by atoms with Crippen LogP contribution in [-0.2, 0) is 4.79 Å². The standard InChI is InChI=1S/C15H31NO2/c1-4-5-6-7-8-9-10-12(2)11-14(16)13(3)15(17)18/h12-14H,4-11,16H2,1-3H3,(H,17,18). The van der Waals surface area contributed by atoms with Crippen molar-refractivity contribution in [3.63, 3.8) is 0 Å². The fourth-order valence-corrected chi connectivity index (χ4v) is 2.24. The fourth-order valence-electron chi connectivity index (χ4n) is 2.24. The lowest BCUT2D eigenvalue weighted by atomic mass is 9.90. The van der Waals surface area contributed by atoms with Crippen molar-refractivity contribution in [1.29, 1.82) is 0 Å². The molecule has 0 fully saturated rings. The van der Waals surface area contributed by atoms with Gasteiger partial charge in [0, 0.05) is 6.04 Å². The number of aliphatic carboxylic acids is 1. The summed E-state index contributed by atoms with van der Waals surface area (Å²) in [4.78, 5) is 10.8. The predicted molar refractivity (Wildman–Crippen MR) is 76.5 cm³/mol. The summed E-state index contributed by atoms with van der Waals surface area (Å²) in [6.45, 7) is 6.11. The monoisotopic (exact) mass is 257 g/mol. The third-order valence-corrected chi connectivity index (χ3v) is 3.76. The van der Waals surface area contributed by atoms with E-state index in [1.54, 1.807) is 6.92 Å². The number of nitrogens with two attached hydrogens (primary N) is 1. The van der Waals surface area contributed by atoms with Crippen LogP contribution in [0.5, 0.6) is 0 Å². The number of hydrogen-bond acceptors (Lipinski definition) is 2. The van der Waals surface area contributed by atoms with Gasteiger partial charge in [0.15, 0.2) is 0 Å². The van der Waals surface area contributed by atoms with E-state index in [0.717, 1.165) is 6.42 Å². The Morgan fingerprint density at radius 1 is 1.11 bits per heavy atom. The number of carbonyl (C=O) groups is 1. The Labute approximate surface area is 112 Å². The van der Waals surface area contributed by atoms with E-state index >= 15 is 0 Å². The predicted octanol–water partition coefficient (Wildman–Crippen LogP) is 3.81. The summed E-state index contributed by atoms with van der Waals surface area (Å²) in [7, 11) is 0. The van der Waals surface area contributed by atoms with Crippen LogP contribution in [0.3, 0.4) is 0 Å². The van der Waals surface area contributed by atoms with E-state index in [1.807, 2.05) is 0 Å². The van der Waals surface area contributed by atoms with Crippen molar-refractivity contribution in [3.05, 3.63) is 0 Å². The van der Waals surface area contributed by atoms with E-state index in [4.69, 9.17) is 10.8 Å². The zero-order valence-corrected chi connectivity index (χ0v) is 12.3. The molecule has 0 aromatic rings. The van der Waals surface area contributed by atoms with Gasteiger partial charge >= 0.3 is 5.97 Å². The maximum absolute atomic E-state index is 10.8. The molecule has 0 aromatic heterocycles. The van der Waals surface area contributed by atoms with Gasteiger partial charge in [-0.3, -0.25) is 4.79 Å². The highest BCUT2D eigenvalue weighted by atomic mass is 16.4. The van der Waals surface area contributed by atoms with Crippen LogP contribution in [0, 0.1) is 11.8 Å². The third-order valence-electron chi connectivity index (χ3n) is 3.76. The van der Waals surface area contributed by atoms with Crippen molar-refractivity contribution in [1.82, 2.24) is 0 Å². The maximum Gasteiger partial charge on any atom is 0.307 e. The van der Waals surface area contributed by atoms with Crippen LogP contribution >= 0.6 is 0 Å². The second-order valence-electron chi connectivity index (χ2n) is 5.69. The molecule has 3 heteroatoms. The SMILES string of the molecule is CCCCCCCCC(C)CC(N)C(C)C(=O)O. The van der Waals surface area contributed by atoms with Gasteiger partial charge in [0.1, 0.15) is 0 Å². The Bertz CT molecular complexity index is 219. The lowest BCUT2D eigenvalue weighted by Gasteiger charge is -2.20. The van der Waals surface area contributed by atoms with Crippen LogP contribution in [0.1, 0.15) is 72.1 Å². The number of hydrogen-bond donors (Lipinski definition) is 2. The molecule has 3 unspecified atom stereocenters. The summed E-state index contributed by atoms with van der Waals surface area (Å²) in [6.07, 6.45) is 9.86. The molecule has 0 heterocycles. The van der Waals surface area contributed by atoms with E-state index in [0.29, 0.717) is 5.92 Å². The number of carboxylic acid groups (broad SMARTS) is 1. The maximum atomic E-state index is 10.8. The van der Waals surface area contributed by atoms with Gasteiger partial charge in [-0.1, -0.05) is 65.7 Å². The first-order valence-electron chi connectivity index (χ1n) is 7.47. The molecule has 0 aromatic carbocycles. The van der Waals surface area contributed by atoms with E-state index in [1.165, 1.54) is 44.9 Å². The molecule has 3 N–H and O–H groups in total. The Morgan fingerprint density at radius 2 is 1.67 bits per heavy atom. The zero-order chi connectivity index (χ0) is 14.0. The highest BCUT2D eigenvalue weighted by molar-refractivity contribution is 5.70. The highest BCUT2D eigenvalue weighted by Crippen LogP contribution is 2.18. The molecule has 0 rings (SSSR count). The molecule has 18 heavy (non-hydrogen) atoms. The molecule has 0 aliphatic carbocycles. The molecule has 0 saturated carbocycles. The molecule has 0 radical (unpaired) electrons. The molecule has 108 valence electrons. The molecule has 3 nitrogen and oxygen atoms in total. The van der Waals surface area contributed by atoms with E-state index in [-0.39, 0.29) is 6.04 Å². The molecule has 0 spiro atoms. The molecule has 0 aliphatic heterocycles. The number of carboxylic acids is 1. The normalized spacial score (nSPS) is 16.2. The van der Waals surface area contributed by atoms with Crippen LogP contribution in [0.15, 0.2) is 0 Å². The highest BCUT2D eigenvalue weighted by Gasteiger charge is 2.21. The van der Waals surface area contributed by atoms with Gasteiger partial charge in [-0.05, 0) is 12.3 Å². The topological polar surface area (TPSA) is 63.3 Å². The summed E-state index contributed by atoms with van der Waals surface area (Å²) in [5, 5.41) is 8.88. The molecule has 0 amide bonds. The summed E-state index contributed by atoms with van der Waals surface area (Å²) in [6, 6.07) is -0.211. The first-order valence-corrected chi connectivity index (χ1v) is 7.47. The average Bonchev–Trinajstić information content (AvgIpc) is 2.32. The van der Waals surface area contributed by atoms with Gasteiger partial charge in [-0.2, -0.15) is 0 Å². The third kappa shape index (κ3) is 8.51. The van der Waals surface area contributed by atoms with Crippen LogP contribution in [-0.4, -0.2) is 17.1 Å². The summed E-state index contributed by atoms with van der Waals surface area (Å²) >= 11 is 0. The van der Waals surface area contributed by atoms with Crippen LogP contribution in [0.25, 0.3) is 0 Å². The molecule has 0 aliphatic rings. The summed E-state index contributed by atoms with van der Waals surface area (Å²) in [5.41, 5.74) is 5.91. The largest absolute Gasteiger partial charge is 0.481 e. The van der Waals surface area contributed by atoms with E-state index in [9.17, 15) is 4.79 Å². The van der Waals surface area contributed by atoms with Gasteiger partial charge in [-0.15, -0.1) is 0 Å². The van der Waals surface area contributed by atoms with Crippen LogP contribution in [0.2, 0.25) is 0 Å². The minimum absolute atomic E-state index is 0.211. The number of unbranched alkanes of at least 4 members (excludes halogenated alkanes) is 5. The second-order valence-corrected chi connectivity index (χ2v) is 5.69. The van der Waals surface area contributed by atoms with Crippen LogP contribution < -0.4 is 5.73 Å². The lowest BCUT2D eigenvalue weighted by molar-refractivity contribution is -0.141. The Kier molecular flexibility index (Phi) is 10.0. The molecule has 0 bridgehead atoms. The Hall–Kier alpha value is -0.570. The molecular formula is C15H31NO2. The molecule has 3 atom stereocenters. The first kappa shape index (κ1) is 17.4. The van der Waals surface area contributed by atoms with Gasteiger partial charge in [0.2, 0.25) is 0 Å². The van der Waals surface area contributed by atoms with Crippen molar-refractivity contribution >= 4 is 5.97 Å². The van der Waals surface area contributed by atoms with Crippen molar-refractivity contribution in [2.75, 3.05) is 0 Å². The minimum Gasteiger partial charge on any atom is -0.481 e. The van der Waals surface area contributed by atoms with Crippen LogP contribution in [0.4, 0.5) is 0 Å². The van der Waals surface area contributed by atoms with Crippen molar-refractivity contribution in [2.24, 2.45) is 17.6 Å². The minimum atomic E-state index is -0.783. The lowest BCUT2D eigenvalue weighted by Crippen LogP contribution is -2.34. The quantitative estimate of drug-likeness (QED) is 0.553. The zero-order valence-electron chi connectivity index (χ0n) is 12.3. The van der Waals surface area contributed by atoms with Crippen molar-refractivity contribution in [2.45, 2.75) is 78.2 Å². The van der Waals surface area contributed by atoms with Crippen molar-refractivity contribution < 1.29 is 9.90 Å². The van der Waals surface area contributed by atoms with Crippen molar-refractivity contribution in [3.8, 4) is 0 Å². The van der Waals surface area contributed by atoms with E-state index < -0.39 is 11.9 Å². The molecule has 0 saturated heterocycles. The Balaban J connectivity index is 3.58. The average molecular weight is 257 g/mol. The summed E-state index contributed by atoms with van der Waals surface area (Å²) < 4.78 is 0. The van der Waals surface area contributed by atoms with Gasteiger partial charge < -0.3 is 10.8 Å². The van der Waals surface area contributed by atoms with Gasteiger partial charge in [0.25, 0.3) is 0 Å². The second kappa shape index (κ2) is 10.4. The van der Waals surface area contributed by atoms with E-state index in [2.05, 4.69) is 13.8 Å². The first-order chi connectivity index (χ1) is 8.49. The van der Waals surface area contributed by atoms with Gasteiger partial charge in [-0.25, -0.2) is 0 Å². The Morgan fingerprint density at radius 3 is 2.22 bits per heavy atom. The number of rotatable bonds is 11. The summed E-state index contributed by atoms with van der Waals surface area (Å²) in [5.74, 6) is -0.681. The smallest absolute Gasteiger partial charge is 0.307 e.